The molecule has 1 amide bonds. The van der Waals surface area contributed by atoms with Crippen LogP contribution in [0, 0.1) is 5.92 Å². The smallest absolute Gasteiger partial charge is 0.338 e. The zero-order chi connectivity index (χ0) is 17.8. The van der Waals surface area contributed by atoms with Gasteiger partial charge in [0.05, 0.1) is 29.5 Å². The molecule has 3 rings (SSSR count). The first-order valence-electron chi connectivity index (χ1n) is 8.20. The van der Waals surface area contributed by atoms with Crippen molar-refractivity contribution in [3.8, 4) is 0 Å². The van der Waals surface area contributed by atoms with Gasteiger partial charge in [0.25, 0.3) is 0 Å². The van der Waals surface area contributed by atoms with Gasteiger partial charge in [-0.2, -0.15) is 0 Å². The number of amides is 1. The zero-order valence-electron chi connectivity index (χ0n) is 13.8. The Labute approximate surface area is 151 Å². The quantitative estimate of drug-likeness (QED) is 0.462. The Balaban J connectivity index is 1.78. The SMILES string of the molecule is CCCCOC(=O)c1ccc(N2C(=O)C3C=CC=CC3=NC2=S)cc1. The van der Waals surface area contributed by atoms with E-state index in [1.165, 1.54) is 4.90 Å². The zero-order valence-corrected chi connectivity index (χ0v) is 14.7. The number of aliphatic imine (C=N–C) groups is 1. The number of carbonyl (C=O) groups excluding carboxylic acids is 2. The fraction of sp³-hybridized carbons (Fsp3) is 0.263. The van der Waals surface area contributed by atoms with Crippen molar-refractivity contribution < 1.29 is 14.3 Å². The Bertz CT molecular complexity index is 793. The van der Waals surface area contributed by atoms with Crippen LogP contribution in [-0.2, 0) is 9.53 Å². The summed E-state index contributed by atoms with van der Waals surface area (Å²) in [4.78, 5) is 30.4. The van der Waals surface area contributed by atoms with Gasteiger partial charge in [-0.05, 0) is 49.0 Å². The van der Waals surface area contributed by atoms with Gasteiger partial charge < -0.3 is 4.74 Å². The molecule has 1 aromatic rings. The molecular formula is C19H18N2O3S. The van der Waals surface area contributed by atoms with Crippen LogP contribution in [0.3, 0.4) is 0 Å². The number of allylic oxidation sites excluding steroid dienone is 3. The number of fused-ring (bicyclic) bond motifs is 1. The van der Waals surface area contributed by atoms with E-state index in [0.29, 0.717) is 23.6 Å². The van der Waals surface area contributed by atoms with Crippen LogP contribution in [0.5, 0.6) is 0 Å². The summed E-state index contributed by atoms with van der Waals surface area (Å²) >= 11 is 5.28. The average Bonchev–Trinajstić information content (AvgIpc) is 2.62. The Kier molecular flexibility index (Phi) is 5.19. The Morgan fingerprint density at radius 1 is 1.28 bits per heavy atom. The van der Waals surface area contributed by atoms with Crippen LogP contribution in [0.1, 0.15) is 30.1 Å². The van der Waals surface area contributed by atoms with E-state index in [1.807, 2.05) is 19.1 Å². The minimum atomic E-state index is -0.421. The maximum atomic E-state index is 12.7. The minimum absolute atomic E-state index is 0.145. The molecule has 6 heteroatoms. The molecule has 128 valence electrons. The molecule has 1 aliphatic carbocycles. The van der Waals surface area contributed by atoms with Crippen molar-refractivity contribution in [3.63, 3.8) is 0 Å². The second-order valence-corrected chi connectivity index (χ2v) is 6.12. The van der Waals surface area contributed by atoms with Gasteiger partial charge in [0.15, 0.2) is 0 Å². The molecule has 0 saturated heterocycles. The first kappa shape index (κ1) is 17.2. The highest BCUT2D eigenvalue weighted by molar-refractivity contribution is 7.80. The van der Waals surface area contributed by atoms with Crippen molar-refractivity contribution in [1.29, 1.82) is 0 Å². The van der Waals surface area contributed by atoms with Crippen LogP contribution in [0.2, 0.25) is 0 Å². The number of esters is 1. The maximum Gasteiger partial charge on any atom is 0.338 e. The summed E-state index contributed by atoms with van der Waals surface area (Å²) in [7, 11) is 0. The van der Waals surface area contributed by atoms with Crippen LogP contribution in [0.4, 0.5) is 5.69 Å². The van der Waals surface area contributed by atoms with Gasteiger partial charge in [0.1, 0.15) is 0 Å². The molecule has 0 saturated carbocycles. The second kappa shape index (κ2) is 7.53. The minimum Gasteiger partial charge on any atom is -0.462 e. The number of unbranched alkanes of at least 4 members (excludes halogenated alkanes) is 1. The number of carbonyl (C=O) groups is 2. The molecule has 1 heterocycles. The molecular weight excluding hydrogens is 336 g/mol. The Morgan fingerprint density at radius 3 is 2.76 bits per heavy atom. The van der Waals surface area contributed by atoms with E-state index in [1.54, 1.807) is 36.4 Å². The van der Waals surface area contributed by atoms with E-state index in [2.05, 4.69) is 4.99 Å². The summed E-state index contributed by atoms with van der Waals surface area (Å²) in [5.74, 6) is -0.933. The predicted molar refractivity (Wildman–Crippen MR) is 101 cm³/mol. The third kappa shape index (κ3) is 3.58. The van der Waals surface area contributed by atoms with Gasteiger partial charge in [0, 0.05) is 0 Å². The van der Waals surface area contributed by atoms with Crippen LogP contribution in [0.25, 0.3) is 0 Å². The normalized spacial score (nSPS) is 18.8. The van der Waals surface area contributed by atoms with E-state index < -0.39 is 5.92 Å². The van der Waals surface area contributed by atoms with E-state index in [-0.39, 0.29) is 17.0 Å². The fourth-order valence-corrected chi connectivity index (χ4v) is 2.92. The highest BCUT2D eigenvalue weighted by Crippen LogP contribution is 2.26. The lowest BCUT2D eigenvalue weighted by Gasteiger charge is -2.30. The highest BCUT2D eigenvalue weighted by Gasteiger charge is 2.34. The highest BCUT2D eigenvalue weighted by atomic mass is 32.1. The topological polar surface area (TPSA) is 59.0 Å². The molecule has 25 heavy (non-hydrogen) atoms. The first-order valence-corrected chi connectivity index (χ1v) is 8.61. The molecule has 5 nitrogen and oxygen atoms in total. The van der Waals surface area contributed by atoms with Gasteiger partial charge >= 0.3 is 5.97 Å². The monoisotopic (exact) mass is 354 g/mol. The molecule has 0 radical (unpaired) electrons. The number of thiocarbonyl (C=S) groups is 1. The van der Waals surface area contributed by atoms with Crippen molar-refractivity contribution in [1.82, 2.24) is 0 Å². The van der Waals surface area contributed by atoms with Gasteiger partial charge in [-0.25, -0.2) is 9.79 Å². The lowest BCUT2D eigenvalue weighted by Crippen LogP contribution is -2.46. The number of hydrogen-bond donors (Lipinski definition) is 0. The number of hydrogen-bond acceptors (Lipinski definition) is 4. The molecule has 1 aliphatic heterocycles. The van der Waals surface area contributed by atoms with Crippen molar-refractivity contribution in [3.05, 3.63) is 54.1 Å². The molecule has 0 spiro atoms. The maximum absolute atomic E-state index is 12.7. The number of rotatable bonds is 5. The third-order valence-electron chi connectivity index (χ3n) is 4.00. The molecule has 1 atom stereocenters. The molecule has 2 aliphatic rings. The molecule has 0 aromatic heterocycles. The Hall–Kier alpha value is -2.60. The van der Waals surface area contributed by atoms with E-state index in [4.69, 9.17) is 17.0 Å². The molecule has 0 bridgehead atoms. The first-order chi connectivity index (χ1) is 12.1. The van der Waals surface area contributed by atoms with Crippen molar-refractivity contribution >= 4 is 40.6 Å². The van der Waals surface area contributed by atoms with Gasteiger partial charge in [0.2, 0.25) is 11.0 Å². The second-order valence-electron chi connectivity index (χ2n) is 5.75. The van der Waals surface area contributed by atoms with Gasteiger partial charge in [-0.1, -0.05) is 31.6 Å². The van der Waals surface area contributed by atoms with Crippen LogP contribution >= 0.6 is 12.2 Å². The largest absolute Gasteiger partial charge is 0.462 e. The molecule has 0 N–H and O–H groups in total. The number of ether oxygens (including phenoxy) is 1. The van der Waals surface area contributed by atoms with E-state index >= 15 is 0 Å². The van der Waals surface area contributed by atoms with Crippen molar-refractivity contribution in [2.24, 2.45) is 10.9 Å². The van der Waals surface area contributed by atoms with Gasteiger partial charge in [-0.3, -0.25) is 9.69 Å². The third-order valence-corrected chi connectivity index (χ3v) is 4.27. The van der Waals surface area contributed by atoms with Crippen LogP contribution < -0.4 is 4.90 Å². The van der Waals surface area contributed by atoms with Crippen molar-refractivity contribution in [2.75, 3.05) is 11.5 Å². The lowest BCUT2D eigenvalue weighted by molar-refractivity contribution is -0.118. The summed E-state index contributed by atoms with van der Waals surface area (Å²) in [6.45, 7) is 2.44. The van der Waals surface area contributed by atoms with Crippen LogP contribution in [-0.4, -0.2) is 29.3 Å². The summed E-state index contributed by atoms with van der Waals surface area (Å²) in [5, 5.41) is 0.203. The standard InChI is InChI=1S/C19H18N2O3S/c1-2-3-12-24-18(23)13-8-10-14(11-9-13)21-17(22)15-6-4-5-7-16(15)20-19(21)25/h4-11,15H,2-3,12H2,1H3. The number of anilines is 1. The lowest BCUT2D eigenvalue weighted by atomic mass is 9.95. The Morgan fingerprint density at radius 2 is 2.04 bits per heavy atom. The number of benzene rings is 1. The number of nitrogens with zero attached hydrogens (tertiary/aromatic N) is 2. The predicted octanol–water partition coefficient (Wildman–Crippen LogP) is 3.46. The van der Waals surface area contributed by atoms with Crippen molar-refractivity contribution in [2.45, 2.75) is 19.8 Å². The van der Waals surface area contributed by atoms with E-state index in [9.17, 15) is 9.59 Å². The molecule has 0 fully saturated rings. The summed E-state index contributed by atoms with van der Waals surface area (Å²) in [5.41, 5.74) is 1.69. The van der Waals surface area contributed by atoms with Crippen LogP contribution in [0.15, 0.2) is 53.6 Å². The summed E-state index contributed by atoms with van der Waals surface area (Å²) in [6, 6.07) is 6.64. The average molecular weight is 354 g/mol. The summed E-state index contributed by atoms with van der Waals surface area (Å²) in [6.07, 6.45) is 9.05. The van der Waals surface area contributed by atoms with E-state index in [0.717, 1.165) is 12.8 Å². The molecule has 1 aromatic carbocycles. The van der Waals surface area contributed by atoms with Gasteiger partial charge in [-0.15, -0.1) is 0 Å². The fourth-order valence-electron chi connectivity index (χ4n) is 2.62. The summed E-state index contributed by atoms with van der Waals surface area (Å²) < 4.78 is 5.18. The molecule has 1 unspecified atom stereocenters.